The van der Waals surface area contributed by atoms with Gasteiger partial charge in [0.15, 0.2) is 11.5 Å². The number of nitrogens with one attached hydrogen (secondary N) is 1. The number of carbonyl (C=O) groups excluding carboxylic acids is 1. The number of nitro groups is 1. The summed E-state index contributed by atoms with van der Waals surface area (Å²) in [6.45, 7) is 1.55. The summed E-state index contributed by atoms with van der Waals surface area (Å²) in [4.78, 5) is 22.2. The third kappa shape index (κ3) is 3.86. The summed E-state index contributed by atoms with van der Waals surface area (Å²) < 4.78 is 4.93. The van der Waals surface area contributed by atoms with E-state index in [-0.39, 0.29) is 17.0 Å². The Balaban J connectivity index is 2.06. The fourth-order valence-electron chi connectivity index (χ4n) is 2.02. The molecular formula is C16H15N3O5. The number of hydrazone groups is 1. The lowest BCUT2D eigenvalue weighted by Crippen LogP contribution is -2.17. The molecule has 1 amide bonds. The highest BCUT2D eigenvalue weighted by Crippen LogP contribution is 2.25. The maximum atomic E-state index is 12.0. The summed E-state index contributed by atoms with van der Waals surface area (Å²) in [6, 6.07) is 8.71. The van der Waals surface area contributed by atoms with Gasteiger partial charge in [0.25, 0.3) is 11.6 Å². The molecule has 0 atom stereocenters. The third-order valence-electron chi connectivity index (χ3n) is 3.24. The van der Waals surface area contributed by atoms with E-state index in [0.717, 1.165) is 0 Å². The number of ether oxygens (including phenoxy) is 1. The van der Waals surface area contributed by atoms with Crippen LogP contribution in [-0.2, 0) is 0 Å². The molecule has 124 valence electrons. The molecule has 0 bridgehead atoms. The van der Waals surface area contributed by atoms with E-state index in [1.807, 2.05) is 0 Å². The number of carbonyl (C=O) groups is 1. The average molecular weight is 329 g/mol. The van der Waals surface area contributed by atoms with Crippen LogP contribution in [0.25, 0.3) is 0 Å². The minimum atomic E-state index is -0.509. The minimum Gasteiger partial charge on any atom is -0.504 e. The smallest absolute Gasteiger partial charge is 0.272 e. The van der Waals surface area contributed by atoms with Crippen molar-refractivity contribution >= 4 is 17.8 Å². The van der Waals surface area contributed by atoms with Crippen LogP contribution in [0.2, 0.25) is 0 Å². The highest BCUT2D eigenvalue weighted by Gasteiger charge is 2.13. The molecule has 2 aromatic carbocycles. The molecule has 0 fully saturated rings. The van der Waals surface area contributed by atoms with Gasteiger partial charge in [-0.15, -0.1) is 0 Å². The van der Waals surface area contributed by atoms with Crippen LogP contribution in [0.4, 0.5) is 5.69 Å². The van der Waals surface area contributed by atoms with E-state index >= 15 is 0 Å². The summed E-state index contributed by atoms with van der Waals surface area (Å²) >= 11 is 0. The molecule has 8 heteroatoms. The SMILES string of the molecule is COc1ccc(C=NNC(=O)c2ccc([N+](=O)[O-])c(C)c2)cc1O. The molecule has 0 aromatic heterocycles. The van der Waals surface area contributed by atoms with Crippen LogP contribution in [-0.4, -0.2) is 29.3 Å². The predicted octanol–water partition coefficient (Wildman–Crippen LogP) is 2.38. The van der Waals surface area contributed by atoms with Gasteiger partial charge in [-0.25, -0.2) is 5.43 Å². The van der Waals surface area contributed by atoms with Crippen LogP contribution in [0.3, 0.4) is 0 Å². The van der Waals surface area contributed by atoms with Gasteiger partial charge in [-0.3, -0.25) is 14.9 Å². The van der Waals surface area contributed by atoms with Crippen LogP contribution in [0.5, 0.6) is 11.5 Å². The van der Waals surface area contributed by atoms with Crippen molar-refractivity contribution in [1.29, 1.82) is 0 Å². The van der Waals surface area contributed by atoms with Gasteiger partial charge in [0.2, 0.25) is 0 Å². The molecule has 0 heterocycles. The number of hydrogen-bond acceptors (Lipinski definition) is 6. The molecule has 2 aromatic rings. The molecule has 24 heavy (non-hydrogen) atoms. The molecule has 0 aliphatic carbocycles. The number of hydrogen-bond donors (Lipinski definition) is 2. The Kier molecular flexibility index (Phi) is 5.10. The number of rotatable bonds is 5. The molecule has 0 radical (unpaired) electrons. The van der Waals surface area contributed by atoms with Gasteiger partial charge >= 0.3 is 0 Å². The maximum absolute atomic E-state index is 12.0. The molecule has 2 N–H and O–H groups in total. The Bertz CT molecular complexity index is 817. The lowest BCUT2D eigenvalue weighted by molar-refractivity contribution is -0.385. The van der Waals surface area contributed by atoms with Crippen LogP contribution in [0.1, 0.15) is 21.5 Å². The largest absolute Gasteiger partial charge is 0.504 e. The molecule has 0 saturated heterocycles. The Morgan fingerprint density at radius 2 is 2.08 bits per heavy atom. The van der Waals surface area contributed by atoms with Gasteiger partial charge in [-0.1, -0.05) is 0 Å². The van der Waals surface area contributed by atoms with E-state index in [4.69, 9.17) is 4.74 Å². The molecule has 0 spiro atoms. The van der Waals surface area contributed by atoms with Gasteiger partial charge in [0.05, 0.1) is 18.2 Å². The van der Waals surface area contributed by atoms with Crippen molar-refractivity contribution in [2.75, 3.05) is 7.11 Å². The zero-order valence-electron chi connectivity index (χ0n) is 13.0. The molecule has 0 saturated carbocycles. The fourth-order valence-corrected chi connectivity index (χ4v) is 2.02. The van der Waals surface area contributed by atoms with Gasteiger partial charge < -0.3 is 9.84 Å². The van der Waals surface area contributed by atoms with Crippen molar-refractivity contribution in [3.05, 3.63) is 63.2 Å². The van der Waals surface area contributed by atoms with E-state index in [1.165, 1.54) is 37.6 Å². The van der Waals surface area contributed by atoms with Gasteiger partial charge in [-0.2, -0.15) is 5.10 Å². The van der Waals surface area contributed by atoms with Gasteiger partial charge in [0, 0.05) is 17.2 Å². The van der Waals surface area contributed by atoms with Crippen molar-refractivity contribution in [2.45, 2.75) is 6.92 Å². The quantitative estimate of drug-likeness (QED) is 0.496. The van der Waals surface area contributed by atoms with Crippen LogP contribution < -0.4 is 10.2 Å². The second kappa shape index (κ2) is 7.23. The number of phenols is 1. The van der Waals surface area contributed by atoms with E-state index in [0.29, 0.717) is 16.9 Å². The van der Waals surface area contributed by atoms with Crippen molar-refractivity contribution in [2.24, 2.45) is 5.10 Å². The summed E-state index contributed by atoms with van der Waals surface area (Å²) in [5.41, 5.74) is 3.47. The van der Waals surface area contributed by atoms with Crippen LogP contribution >= 0.6 is 0 Å². The first-order valence-corrected chi connectivity index (χ1v) is 6.88. The van der Waals surface area contributed by atoms with Crippen LogP contribution in [0, 0.1) is 17.0 Å². The molecule has 2 rings (SSSR count). The summed E-state index contributed by atoms with van der Waals surface area (Å²) in [6.07, 6.45) is 1.36. The van der Waals surface area contributed by atoms with Crippen LogP contribution in [0.15, 0.2) is 41.5 Å². The van der Waals surface area contributed by atoms with E-state index in [9.17, 15) is 20.0 Å². The maximum Gasteiger partial charge on any atom is 0.272 e. The molecule has 0 aliphatic rings. The molecule has 0 aliphatic heterocycles. The number of benzene rings is 2. The Morgan fingerprint density at radius 3 is 2.67 bits per heavy atom. The highest BCUT2D eigenvalue weighted by molar-refractivity contribution is 5.95. The number of aromatic hydroxyl groups is 1. The highest BCUT2D eigenvalue weighted by atomic mass is 16.6. The first-order valence-electron chi connectivity index (χ1n) is 6.88. The van der Waals surface area contributed by atoms with E-state index in [1.54, 1.807) is 19.1 Å². The number of methoxy groups -OCH3 is 1. The van der Waals surface area contributed by atoms with Crippen molar-refractivity contribution in [3.8, 4) is 11.5 Å². The first-order chi connectivity index (χ1) is 11.4. The molecular weight excluding hydrogens is 314 g/mol. The predicted molar refractivity (Wildman–Crippen MR) is 87.6 cm³/mol. The molecule has 8 nitrogen and oxygen atoms in total. The van der Waals surface area contributed by atoms with Crippen molar-refractivity contribution in [1.82, 2.24) is 5.43 Å². The topological polar surface area (TPSA) is 114 Å². The Hall–Kier alpha value is -3.42. The Labute approximate surface area is 137 Å². The van der Waals surface area contributed by atoms with E-state index in [2.05, 4.69) is 10.5 Å². The molecule has 0 unspecified atom stereocenters. The first kappa shape index (κ1) is 16.9. The van der Waals surface area contributed by atoms with Gasteiger partial charge in [-0.05, 0) is 42.8 Å². The van der Waals surface area contributed by atoms with Crippen molar-refractivity contribution in [3.63, 3.8) is 0 Å². The summed E-state index contributed by atoms with van der Waals surface area (Å²) in [7, 11) is 1.44. The summed E-state index contributed by atoms with van der Waals surface area (Å²) in [5.74, 6) is -0.210. The number of amides is 1. The second-order valence-corrected chi connectivity index (χ2v) is 4.89. The fraction of sp³-hybridized carbons (Fsp3) is 0.125. The van der Waals surface area contributed by atoms with Gasteiger partial charge in [0.1, 0.15) is 0 Å². The lowest BCUT2D eigenvalue weighted by atomic mass is 10.1. The number of nitro benzene ring substituents is 1. The second-order valence-electron chi connectivity index (χ2n) is 4.89. The monoisotopic (exact) mass is 329 g/mol. The average Bonchev–Trinajstić information content (AvgIpc) is 2.54. The zero-order valence-corrected chi connectivity index (χ0v) is 13.0. The van der Waals surface area contributed by atoms with Crippen molar-refractivity contribution < 1.29 is 19.6 Å². The Morgan fingerprint density at radius 1 is 1.33 bits per heavy atom. The minimum absolute atomic E-state index is 0.0428. The normalized spacial score (nSPS) is 10.6. The number of aryl methyl sites for hydroxylation is 1. The summed E-state index contributed by atoms with van der Waals surface area (Å²) in [5, 5.41) is 24.2. The van der Waals surface area contributed by atoms with E-state index < -0.39 is 10.8 Å². The number of nitrogens with zero attached hydrogens (tertiary/aromatic N) is 2. The third-order valence-corrected chi connectivity index (χ3v) is 3.24. The number of phenolic OH excluding ortho intramolecular Hbond substituents is 1. The lowest BCUT2D eigenvalue weighted by Gasteiger charge is -2.04. The standard InChI is InChI=1S/C16H15N3O5/c1-10-7-12(4-5-13(10)19(22)23)16(21)18-17-9-11-3-6-15(24-2)14(20)8-11/h3-9,20H,1-2H3,(H,18,21). The zero-order chi connectivity index (χ0) is 17.7.